The first kappa shape index (κ1) is 33.8. The van der Waals surface area contributed by atoms with Gasteiger partial charge in [0.1, 0.15) is 17.5 Å². The van der Waals surface area contributed by atoms with Crippen molar-refractivity contribution in [3.8, 4) is 28.3 Å². The SMILES string of the molecule is CC(C)NC(=O)C1(C)CCN(c2ccc(-c3cc(-c4ccc(N5CCN(C(=O)OC(C)(C)C)CC5)cc4)cn4ncc(C#N)c34)cn2)CC1. The number of pyridine rings is 2. The van der Waals surface area contributed by atoms with Crippen LogP contribution >= 0.6 is 0 Å². The highest BCUT2D eigenvalue weighted by Gasteiger charge is 2.37. The Kier molecular flexibility index (Phi) is 9.25. The summed E-state index contributed by atoms with van der Waals surface area (Å²) in [5.41, 5.74) is 5.22. The lowest BCUT2D eigenvalue weighted by atomic mass is 9.79. The second kappa shape index (κ2) is 13.4. The lowest BCUT2D eigenvalue weighted by molar-refractivity contribution is -0.131. The average molecular weight is 663 g/mol. The Labute approximate surface area is 288 Å². The number of hydrogen-bond donors (Lipinski definition) is 1. The molecule has 0 atom stereocenters. The van der Waals surface area contributed by atoms with Crippen molar-refractivity contribution >= 4 is 29.0 Å². The fourth-order valence-electron chi connectivity index (χ4n) is 6.54. The summed E-state index contributed by atoms with van der Waals surface area (Å²) in [6, 6.07) is 17.0. The quantitative estimate of drug-likeness (QED) is 0.262. The van der Waals surface area contributed by atoms with Crippen LogP contribution < -0.4 is 15.1 Å². The molecule has 2 saturated heterocycles. The second-order valence-corrected chi connectivity index (χ2v) is 14.7. The van der Waals surface area contributed by atoms with Crippen LogP contribution in [0.15, 0.2) is 61.1 Å². The number of anilines is 2. The normalized spacial score (nSPS) is 16.5. The third-order valence-electron chi connectivity index (χ3n) is 9.45. The van der Waals surface area contributed by atoms with Gasteiger partial charge in [-0.15, -0.1) is 0 Å². The molecule has 11 nitrogen and oxygen atoms in total. The zero-order chi connectivity index (χ0) is 34.9. The van der Waals surface area contributed by atoms with Gasteiger partial charge in [0.2, 0.25) is 5.91 Å². The van der Waals surface area contributed by atoms with Crippen LogP contribution in [0.4, 0.5) is 16.3 Å². The van der Waals surface area contributed by atoms with Crippen LogP contribution in [0.25, 0.3) is 27.8 Å². The largest absolute Gasteiger partial charge is 0.444 e. The lowest BCUT2D eigenvalue weighted by Gasteiger charge is -2.39. The van der Waals surface area contributed by atoms with Crippen molar-refractivity contribution < 1.29 is 14.3 Å². The van der Waals surface area contributed by atoms with E-state index in [-0.39, 0.29) is 23.5 Å². The van der Waals surface area contributed by atoms with Crippen molar-refractivity contribution in [2.75, 3.05) is 49.1 Å². The van der Waals surface area contributed by atoms with Gasteiger partial charge in [-0.25, -0.2) is 14.3 Å². The molecule has 256 valence electrons. The van der Waals surface area contributed by atoms with Crippen LogP contribution in [0.1, 0.15) is 59.9 Å². The Bertz CT molecular complexity index is 1850. The first-order chi connectivity index (χ1) is 23.3. The Morgan fingerprint density at radius 3 is 2.18 bits per heavy atom. The number of piperidine rings is 1. The van der Waals surface area contributed by atoms with Crippen LogP contribution in [0.2, 0.25) is 0 Å². The Hall–Kier alpha value is -5.11. The molecule has 5 heterocycles. The van der Waals surface area contributed by atoms with Crippen molar-refractivity contribution in [3.05, 3.63) is 66.6 Å². The molecule has 0 spiro atoms. The van der Waals surface area contributed by atoms with Gasteiger partial charge >= 0.3 is 6.09 Å². The highest BCUT2D eigenvalue weighted by molar-refractivity contribution is 5.88. The predicted molar refractivity (Wildman–Crippen MR) is 191 cm³/mol. The molecule has 2 aliphatic rings. The number of rotatable bonds is 6. The van der Waals surface area contributed by atoms with E-state index in [4.69, 9.17) is 9.72 Å². The molecule has 0 bridgehead atoms. The summed E-state index contributed by atoms with van der Waals surface area (Å²) in [5.74, 6) is 0.995. The van der Waals surface area contributed by atoms with Crippen LogP contribution in [0.5, 0.6) is 0 Å². The number of piperazine rings is 1. The summed E-state index contributed by atoms with van der Waals surface area (Å²) in [4.78, 5) is 36.4. The van der Waals surface area contributed by atoms with E-state index in [0.717, 1.165) is 78.3 Å². The van der Waals surface area contributed by atoms with Gasteiger partial charge in [-0.05, 0) is 83.4 Å². The van der Waals surface area contributed by atoms with Crippen LogP contribution in [-0.4, -0.2) is 82.4 Å². The van der Waals surface area contributed by atoms with E-state index >= 15 is 0 Å². The minimum atomic E-state index is -0.510. The molecular formula is C38H46N8O3. The maximum atomic E-state index is 12.8. The minimum Gasteiger partial charge on any atom is -0.444 e. The molecule has 1 N–H and O–H groups in total. The highest BCUT2D eigenvalue weighted by Crippen LogP contribution is 2.35. The van der Waals surface area contributed by atoms with Crippen LogP contribution in [-0.2, 0) is 9.53 Å². The number of aromatic nitrogens is 3. The summed E-state index contributed by atoms with van der Waals surface area (Å²) in [7, 11) is 0. The topological polar surface area (TPSA) is 119 Å². The molecule has 2 amide bonds. The standard InChI is InChI=1S/C38H46N8O3/c1-26(2)42-35(47)38(6)13-15-44(16-14-38)33-12-9-28(23-40-33)32-21-29(25-46-34(32)30(22-39)24-41-46)27-7-10-31(11-8-27)43-17-19-45(20-18-43)36(48)49-37(3,4)5/h7-12,21,23-26H,13-20H2,1-6H3,(H,42,47). The number of ether oxygens (including phenoxy) is 1. The lowest BCUT2D eigenvalue weighted by Crippen LogP contribution is -2.50. The van der Waals surface area contributed by atoms with Gasteiger partial charge < -0.3 is 24.8 Å². The van der Waals surface area contributed by atoms with Crippen molar-refractivity contribution in [1.82, 2.24) is 24.8 Å². The molecule has 6 rings (SSSR count). The number of nitrogens with one attached hydrogen (secondary N) is 1. The molecule has 0 saturated carbocycles. The van der Waals surface area contributed by atoms with Gasteiger partial charge in [0.05, 0.1) is 17.3 Å². The maximum Gasteiger partial charge on any atom is 0.410 e. The smallest absolute Gasteiger partial charge is 0.410 e. The van der Waals surface area contributed by atoms with Gasteiger partial charge in [-0.2, -0.15) is 10.4 Å². The van der Waals surface area contributed by atoms with Crippen molar-refractivity contribution in [2.45, 2.75) is 66.0 Å². The third-order valence-corrected chi connectivity index (χ3v) is 9.45. The Balaban J connectivity index is 1.19. The summed E-state index contributed by atoms with van der Waals surface area (Å²) in [6.45, 7) is 15.9. The molecule has 2 aliphatic heterocycles. The van der Waals surface area contributed by atoms with E-state index in [2.05, 4.69) is 69.6 Å². The van der Waals surface area contributed by atoms with E-state index in [1.807, 2.05) is 53.1 Å². The van der Waals surface area contributed by atoms with Gasteiger partial charge in [0.25, 0.3) is 0 Å². The van der Waals surface area contributed by atoms with Crippen LogP contribution in [0, 0.1) is 16.7 Å². The molecule has 0 radical (unpaired) electrons. The number of nitriles is 1. The van der Waals surface area contributed by atoms with Crippen molar-refractivity contribution in [2.24, 2.45) is 5.41 Å². The molecule has 49 heavy (non-hydrogen) atoms. The first-order valence-electron chi connectivity index (χ1n) is 17.1. The fraction of sp³-hybridized carbons (Fsp3) is 0.447. The zero-order valence-corrected chi connectivity index (χ0v) is 29.4. The summed E-state index contributed by atoms with van der Waals surface area (Å²) >= 11 is 0. The number of amides is 2. The van der Waals surface area contributed by atoms with Gasteiger partial charge in [-0.3, -0.25) is 4.79 Å². The number of fused-ring (bicyclic) bond motifs is 1. The second-order valence-electron chi connectivity index (χ2n) is 14.7. The van der Waals surface area contributed by atoms with E-state index in [0.29, 0.717) is 18.7 Å². The molecular weight excluding hydrogens is 616 g/mol. The van der Waals surface area contributed by atoms with Crippen LogP contribution in [0.3, 0.4) is 0 Å². The summed E-state index contributed by atoms with van der Waals surface area (Å²) in [5, 5.41) is 17.5. The van der Waals surface area contributed by atoms with E-state index < -0.39 is 5.60 Å². The molecule has 11 heteroatoms. The molecule has 0 unspecified atom stereocenters. The highest BCUT2D eigenvalue weighted by atomic mass is 16.6. The molecule has 2 fully saturated rings. The first-order valence-corrected chi connectivity index (χ1v) is 17.1. The number of benzene rings is 1. The van der Waals surface area contributed by atoms with Gasteiger partial charge in [-0.1, -0.05) is 19.1 Å². The monoisotopic (exact) mass is 662 g/mol. The maximum absolute atomic E-state index is 12.8. The molecule has 3 aromatic heterocycles. The summed E-state index contributed by atoms with van der Waals surface area (Å²) < 4.78 is 7.32. The number of nitrogens with zero attached hydrogens (tertiary/aromatic N) is 7. The average Bonchev–Trinajstić information content (AvgIpc) is 3.51. The molecule has 0 aliphatic carbocycles. The Morgan fingerprint density at radius 1 is 0.918 bits per heavy atom. The van der Waals surface area contributed by atoms with Gasteiger partial charge in [0.15, 0.2) is 0 Å². The molecule has 4 aromatic rings. The Morgan fingerprint density at radius 2 is 1.59 bits per heavy atom. The number of carbonyl (C=O) groups excluding carboxylic acids is 2. The third kappa shape index (κ3) is 7.33. The van der Waals surface area contributed by atoms with E-state index in [9.17, 15) is 14.9 Å². The fourth-order valence-corrected chi connectivity index (χ4v) is 6.54. The van der Waals surface area contributed by atoms with E-state index in [1.165, 1.54) is 0 Å². The number of hydrogen-bond acceptors (Lipinski definition) is 8. The van der Waals surface area contributed by atoms with Gasteiger partial charge in [0, 0.05) is 85.5 Å². The summed E-state index contributed by atoms with van der Waals surface area (Å²) in [6.07, 6.45) is 6.68. The minimum absolute atomic E-state index is 0.122. The van der Waals surface area contributed by atoms with Crippen molar-refractivity contribution in [3.63, 3.8) is 0 Å². The van der Waals surface area contributed by atoms with E-state index in [1.54, 1.807) is 15.6 Å². The zero-order valence-electron chi connectivity index (χ0n) is 29.4. The predicted octanol–water partition coefficient (Wildman–Crippen LogP) is 6.12. The number of carbonyl (C=O) groups is 2. The van der Waals surface area contributed by atoms with Crippen molar-refractivity contribution in [1.29, 1.82) is 5.26 Å². The molecule has 1 aromatic carbocycles.